The van der Waals surface area contributed by atoms with Crippen molar-refractivity contribution in [3.63, 3.8) is 0 Å². The van der Waals surface area contributed by atoms with Gasteiger partial charge in [-0.05, 0) is 43.2 Å². The zero-order valence-electron chi connectivity index (χ0n) is 16.1. The van der Waals surface area contributed by atoms with Crippen LogP contribution in [0.5, 0.6) is 5.75 Å². The average Bonchev–Trinajstić information content (AvgIpc) is 2.52. The van der Waals surface area contributed by atoms with Crippen LogP contribution in [0.4, 0.5) is 0 Å². The van der Waals surface area contributed by atoms with Crippen molar-refractivity contribution in [3.8, 4) is 5.75 Å². The van der Waals surface area contributed by atoms with E-state index in [1.807, 2.05) is 0 Å². The van der Waals surface area contributed by atoms with E-state index in [1.54, 1.807) is 0 Å². The van der Waals surface area contributed by atoms with Gasteiger partial charge < -0.3 is 9.29 Å². The molecule has 0 aliphatic rings. The third kappa shape index (κ3) is 11.3. The molecule has 0 radical (unpaired) electrons. The van der Waals surface area contributed by atoms with Gasteiger partial charge in [-0.25, -0.2) is 8.42 Å². The molecule has 0 aliphatic carbocycles. The van der Waals surface area contributed by atoms with Crippen LogP contribution < -0.4 is 34.3 Å². The van der Waals surface area contributed by atoms with E-state index < -0.39 is 10.1 Å². The van der Waals surface area contributed by atoms with E-state index in [4.69, 9.17) is 4.74 Å². The third-order valence-electron chi connectivity index (χ3n) is 4.06. The molecule has 0 amide bonds. The summed E-state index contributed by atoms with van der Waals surface area (Å²) < 4.78 is 38.1. The average molecular weight is 379 g/mol. The van der Waals surface area contributed by atoms with Crippen LogP contribution in [0, 0.1) is 0 Å². The van der Waals surface area contributed by atoms with Crippen LogP contribution in [0.2, 0.25) is 0 Å². The maximum Gasteiger partial charge on any atom is 1.00 e. The monoisotopic (exact) mass is 378 g/mol. The molecule has 0 bridgehead atoms. The second-order valence-electron chi connectivity index (χ2n) is 6.28. The number of ether oxygens (including phenoxy) is 1. The van der Waals surface area contributed by atoms with Gasteiger partial charge in [-0.15, -0.1) is 0 Å². The predicted molar refractivity (Wildman–Crippen MR) is 97.6 cm³/mol. The molecule has 0 unspecified atom stereocenters. The first-order valence-electron chi connectivity index (χ1n) is 9.15. The Hall–Kier alpha value is -0.0700. The second-order valence-corrected chi connectivity index (χ2v) is 7.81. The molecule has 0 saturated carbocycles. The Kier molecular flexibility index (Phi) is 14.0. The van der Waals surface area contributed by atoms with Crippen LogP contribution in [0.1, 0.15) is 69.9 Å². The molecular formula is C19H31NaO4S. The minimum absolute atomic E-state index is 0. The SMILES string of the molecule is CCCCCc1cccc(CCCCC)c1OCCCS(=O)(=O)[O-].[Na+]. The van der Waals surface area contributed by atoms with Crippen molar-refractivity contribution in [2.45, 2.75) is 71.6 Å². The van der Waals surface area contributed by atoms with Crippen LogP contribution in [-0.4, -0.2) is 25.3 Å². The third-order valence-corrected chi connectivity index (χ3v) is 4.85. The van der Waals surface area contributed by atoms with Crippen molar-refractivity contribution in [1.29, 1.82) is 0 Å². The fourth-order valence-corrected chi connectivity index (χ4v) is 3.23. The van der Waals surface area contributed by atoms with Gasteiger partial charge in [-0.2, -0.15) is 0 Å². The Morgan fingerprint density at radius 1 is 0.920 bits per heavy atom. The molecule has 4 nitrogen and oxygen atoms in total. The summed E-state index contributed by atoms with van der Waals surface area (Å²) in [7, 11) is -4.16. The number of aryl methyl sites for hydroxylation is 2. The number of unbranched alkanes of at least 4 members (excludes halogenated alkanes) is 4. The quantitative estimate of drug-likeness (QED) is 0.296. The van der Waals surface area contributed by atoms with Crippen molar-refractivity contribution in [2.75, 3.05) is 12.4 Å². The maximum atomic E-state index is 10.7. The van der Waals surface area contributed by atoms with Gasteiger partial charge in [0.05, 0.1) is 16.7 Å². The molecular weight excluding hydrogens is 347 g/mol. The zero-order valence-corrected chi connectivity index (χ0v) is 18.9. The zero-order chi connectivity index (χ0) is 17.8. The minimum atomic E-state index is -4.16. The molecule has 1 rings (SSSR count). The summed E-state index contributed by atoms with van der Waals surface area (Å²) in [6.07, 6.45) is 9.17. The number of rotatable bonds is 13. The van der Waals surface area contributed by atoms with E-state index in [2.05, 4.69) is 32.0 Å². The molecule has 1 aromatic rings. The smallest absolute Gasteiger partial charge is 0.748 e. The molecule has 1 aromatic carbocycles. The molecule has 0 fully saturated rings. The van der Waals surface area contributed by atoms with E-state index in [-0.39, 0.29) is 48.3 Å². The molecule has 0 atom stereocenters. The van der Waals surface area contributed by atoms with Crippen LogP contribution in [-0.2, 0) is 23.0 Å². The summed E-state index contributed by atoms with van der Waals surface area (Å²) in [5.74, 6) is 0.545. The van der Waals surface area contributed by atoms with E-state index >= 15 is 0 Å². The van der Waals surface area contributed by atoms with Gasteiger partial charge in [0.2, 0.25) is 0 Å². The normalized spacial score (nSPS) is 11.2. The maximum absolute atomic E-state index is 10.7. The summed E-state index contributed by atoms with van der Waals surface area (Å²) in [5, 5.41) is 0. The van der Waals surface area contributed by atoms with Crippen LogP contribution >= 0.6 is 0 Å². The number of para-hydroxylation sites is 1. The summed E-state index contributed by atoms with van der Waals surface area (Å²) in [6, 6.07) is 6.27. The topological polar surface area (TPSA) is 66.4 Å². The van der Waals surface area contributed by atoms with E-state index in [0.717, 1.165) is 31.4 Å². The summed E-state index contributed by atoms with van der Waals surface area (Å²) in [5.41, 5.74) is 2.39. The molecule has 25 heavy (non-hydrogen) atoms. The summed E-state index contributed by atoms with van der Waals surface area (Å²) >= 11 is 0. The molecule has 6 heteroatoms. The Morgan fingerprint density at radius 3 is 1.88 bits per heavy atom. The van der Waals surface area contributed by atoms with Gasteiger partial charge in [-0.3, -0.25) is 0 Å². The fraction of sp³-hybridized carbons (Fsp3) is 0.684. The van der Waals surface area contributed by atoms with E-state index in [1.165, 1.54) is 36.8 Å². The molecule has 0 aromatic heterocycles. The number of hydrogen-bond acceptors (Lipinski definition) is 4. The second kappa shape index (κ2) is 14.0. The molecule has 138 valence electrons. The number of hydrogen-bond donors (Lipinski definition) is 0. The summed E-state index contributed by atoms with van der Waals surface area (Å²) in [6.45, 7) is 4.64. The fourth-order valence-electron chi connectivity index (χ4n) is 2.76. The van der Waals surface area contributed by atoms with Gasteiger partial charge >= 0.3 is 29.6 Å². The van der Waals surface area contributed by atoms with Gasteiger partial charge in [0.15, 0.2) is 0 Å². The van der Waals surface area contributed by atoms with Crippen molar-refractivity contribution in [1.82, 2.24) is 0 Å². The van der Waals surface area contributed by atoms with Crippen molar-refractivity contribution in [3.05, 3.63) is 29.3 Å². The largest absolute Gasteiger partial charge is 1.00 e. The van der Waals surface area contributed by atoms with Gasteiger partial charge in [0.1, 0.15) is 5.75 Å². The standard InChI is InChI=1S/C19H32O4S.Na/c1-3-5-7-11-17-13-9-14-18(12-8-6-4-2)19(17)23-15-10-16-24(20,21)22;/h9,13-14H,3-8,10-12,15-16H2,1-2H3,(H,20,21,22);/q;+1/p-1. The van der Waals surface area contributed by atoms with Crippen LogP contribution in [0.15, 0.2) is 18.2 Å². The predicted octanol–water partition coefficient (Wildman–Crippen LogP) is 1.47. The first-order chi connectivity index (χ1) is 11.5. The Labute approximate surface area is 175 Å². The Bertz CT molecular complexity index is 545. The first-order valence-corrected chi connectivity index (χ1v) is 10.7. The van der Waals surface area contributed by atoms with Crippen molar-refractivity contribution in [2.24, 2.45) is 0 Å². The molecule has 0 saturated heterocycles. The molecule has 0 aliphatic heterocycles. The minimum Gasteiger partial charge on any atom is -0.748 e. The molecule has 0 heterocycles. The Morgan fingerprint density at radius 2 is 1.44 bits per heavy atom. The van der Waals surface area contributed by atoms with Gasteiger partial charge in [-0.1, -0.05) is 57.7 Å². The van der Waals surface area contributed by atoms with E-state index in [9.17, 15) is 13.0 Å². The molecule has 0 N–H and O–H groups in total. The van der Waals surface area contributed by atoms with E-state index in [0.29, 0.717) is 0 Å². The van der Waals surface area contributed by atoms with Crippen LogP contribution in [0.25, 0.3) is 0 Å². The summed E-state index contributed by atoms with van der Waals surface area (Å²) in [4.78, 5) is 0. The molecule has 0 spiro atoms. The Balaban J connectivity index is 0.00000576. The van der Waals surface area contributed by atoms with Crippen LogP contribution in [0.3, 0.4) is 0 Å². The van der Waals surface area contributed by atoms with Gasteiger partial charge in [0, 0.05) is 5.75 Å². The van der Waals surface area contributed by atoms with Gasteiger partial charge in [0.25, 0.3) is 0 Å². The first kappa shape index (κ1) is 24.9. The number of benzene rings is 1. The van der Waals surface area contributed by atoms with Crippen molar-refractivity contribution >= 4 is 10.1 Å². The van der Waals surface area contributed by atoms with Crippen molar-refractivity contribution < 1.29 is 47.3 Å².